The largest absolute Gasteiger partial charge is 0.378 e. The molecule has 5 nitrogen and oxygen atoms in total. The molecule has 0 bridgehead atoms. The molecule has 1 saturated heterocycles. The maximum Gasteiger partial charge on any atom is 0.159 e. The fourth-order valence-corrected chi connectivity index (χ4v) is 3.25. The van der Waals surface area contributed by atoms with Gasteiger partial charge in [0.1, 0.15) is 0 Å². The number of morpholine rings is 1. The first kappa shape index (κ1) is 16.1. The van der Waals surface area contributed by atoms with E-state index in [-0.39, 0.29) is 0 Å². The van der Waals surface area contributed by atoms with Crippen molar-refractivity contribution in [1.82, 2.24) is 10.2 Å². The fourth-order valence-electron chi connectivity index (χ4n) is 3.05. The van der Waals surface area contributed by atoms with E-state index in [0.29, 0.717) is 6.54 Å². The Labute approximate surface area is 151 Å². The molecule has 0 radical (unpaired) electrons. The molecule has 1 aliphatic rings. The van der Waals surface area contributed by atoms with E-state index in [1.807, 2.05) is 36.4 Å². The predicted octanol–water partition coefficient (Wildman–Crippen LogP) is 3.73. The first-order valence-electron chi connectivity index (χ1n) is 8.38. The number of rotatable bonds is 4. The van der Waals surface area contributed by atoms with Crippen LogP contribution in [0.4, 0.5) is 11.6 Å². The Morgan fingerprint density at radius 3 is 2.48 bits per heavy atom. The number of hydrogen-bond acceptors (Lipinski definition) is 5. The summed E-state index contributed by atoms with van der Waals surface area (Å²) in [5, 5.41) is 15.2. The molecule has 1 N–H and O–H groups in total. The van der Waals surface area contributed by atoms with Gasteiger partial charge in [-0.05, 0) is 11.6 Å². The standard InChI is InChI=1S/C19H19ClN4O/c20-17-8-4-1-5-14(17)13-21-18-15-6-2-3-7-16(15)19(23-22-18)24-9-11-25-12-10-24/h1-8H,9-13H2,(H,21,22). The van der Waals surface area contributed by atoms with Crippen molar-refractivity contribution in [3.8, 4) is 0 Å². The highest BCUT2D eigenvalue weighted by Gasteiger charge is 2.17. The molecule has 128 valence electrons. The molecule has 4 rings (SSSR count). The molecule has 0 saturated carbocycles. The monoisotopic (exact) mass is 354 g/mol. The SMILES string of the molecule is Clc1ccccc1CNc1nnc(N2CCOCC2)c2ccccc12. The van der Waals surface area contributed by atoms with Gasteiger partial charge in [-0.25, -0.2) is 0 Å². The summed E-state index contributed by atoms with van der Waals surface area (Å²) in [5.41, 5.74) is 1.03. The van der Waals surface area contributed by atoms with Crippen molar-refractivity contribution in [1.29, 1.82) is 0 Å². The van der Waals surface area contributed by atoms with Gasteiger partial charge in [0.25, 0.3) is 0 Å². The number of anilines is 2. The van der Waals surface area contributed by atoms with Gasteiger partial charge in [0.15, 0.2) is 11.6 Å². The molecule has 1 fully saturated rings. The highest BCUT2D eigenvalue weighted by molar-refractivity contribution is 6.31. The van der Waals surface area contributed by atoms with Crippen molar-refractivity contribution in [3.05, 3.63) is 59.1 Å². The van der Waals surface area contributed by atoms with Crippen LogP contribution in [0.2, 0.25) is 5.02 Å². The number of aromatic nitrogens is 2. The summed E-state index contributed by atoms with van der Waals surface area (Å²) in [7, 11) is 0. The molecule has 2 aromatic carbocycles. The van der Waals surface area contributed by atoms with Gasteiger partial charge >= 0.3 is 0 Å². The first-order chi connectivity index (χ1) is 12.3. The maximum atomic E-state index is 6.24. The minimum absolute atomic E-state index is 0.606. The first-order valence-corrected chi connectivity index (χ1v) is 8.76. The Balaban J connectivity index is 1.65. The zero-order valence-electron chi connectivity index (χ0n) is 13.8. The molecular formula is C19H19ClN4O. The van der Waals surface area contributed by atoms with Crippen LogP contribution in [0.3, 0.4) is 0 Å². The van der Waals surface area contributed by atoms with Gasteiger partial charge in [0.2, 0.25) is 0 Å². The summed E-state index contributed by atoms with van der Waals surface area (Å²) in [5.74, 6) is 1.69. The van der Waals surface area contributed by atoms with Crippen LogP contribution in [0, 0.1) is 0 Å². The average Bonchev–Trinajstić information content (AvgIpc) is 2.68. The Hall–Kier alpha value is -2.37. The average molecular weight is 355 g/mol. The Bertz CT molecular complexity index is 880. The number of ether oxygens (including phenoxy) is 1. The van der Waals surface area contributed by atoms with E-state index in [1.165, 1.54) is 0 Å². The Kier molecular flexibility index (Phi) is 4.68. The van der Waals surface area contributed by atoms with E-state index in [0.717, 1.165) is 59.3 Å². The third kappa shape index (κ3) is 3.38. The Morgan fingerprint density at radius 1 is 0.960 bits per heavy atom. The molecule has 1 aliphatic heterocycles. The highest BCUT2D eigenvalue weighted by Crippen LogP contribution is 2.29. The zero-order chi connectivity index (χ0) is 17.1. The van der Waals surface area contributed by atoms with Crippen LogP contribution in [0.5, 0.6) is 0 Å². The van der Waals surface area contributed by atoms with Crippen LogP contribution in [-0.2, 0) is 11.3 Å². The quantitative estimate of drug-likeness (QED) is 0.773. The summed E-state index contributed by atoms with van der Waals surface area (Å²) < 4.78 is 5.44. The molecule has 2 heterocycles. The van der Waals surface area contributed by atoms with Crippen molar-refractivity contribution in [2.24, 2.45) is 0 Å². The summed E-state index contributed by atoms with van der Waals surface area (Å²) in [4.78, 5) is 2.23. The van der Waals surface area contributed by atoms with Crippen molar-refractivity contribution < 1.29 is 4.74 Å². The van der Waals surface area contributed by atoms with Crippen LogP contribution in [0.1, 0.15) is 5.56 Å². The molecule has 1 aromatic heterocycles. The van der Waals surface area contributed by atoms with Crippen molar-refractivity contribution in [2.75, 3.05) is 36.5 Å². The van der Waals surface area contributed by atoms with Gasteiger partial charge in [-0.2, -0.15) is 0 Å². The summed E-state index contributed by atoms with van der Waals surface area (Å²) in [6.07, 6.45) is 0. The van der Waals surface area contributed by atoms with Gasteiger partial charge in [-0.15, -0.1) is 10.2 Å². The maximum absolute atomic E-state index is 6.24. The molecule has 0 unspecified atom stereocenters. The van der Waals surface area contributed by atoms with E-state index in [9.17, 15) is 0 Å². The number of nitrogens with one attached hydrogen (secondary N) is 1. The Morgan fingerprint density at radius 2 is 1.68 bits per heavy atom. The molecule has 3 aromatic rings. The third-order valence-corrected chi connectivity index (χ3v) is 4.75. The molecule has 0 atom stereocenters. The predicted molar refractivity (Wildman–Crippen MR) is 101 cm³/mol. The third-order valence-electron chi connectivity index (χ3n) is 4.38. The van der Waals surface area contributed by atoms with Crippen molar-refractivity contribution in [2.45, 2.75) is 6.54 Å². The van der Waals surface area contributed by atoms with Gasteiger partial charge in [0.05, 0.1) is 13.2 Å². The van der Waals surface area contributed by atoms with Crippen molar-refractivity contribution in [3.63, 3.8) is 0 Å². The summed E-state index contributed by atoms with van der Waals surface area (Å²) >= 11 is 6.24. The van der Waals surface area contributed by atoms with E-state index in [2.05, 4.69) is 32.5 Å². The van der Waals surface area contributed by atoms with E-state index < -0.39 is 0 Å². The highest BCUT2D eigenvalue weighted by atomic mass is 35.5. The van der Waals surface area contributed by atoms with Crippen molar-refractivity contribution >= 4 is 34.0 Å². The number of nitrogens with zero attached hydrogens (tertiary/aromatic N) is 3. The lowest BCUT2D eigenvalue weighted by Gasteiger charge is -2.28. The molecular weight excluding hydrogens is 336 g/mol. The minimum Gasteiger partial charge on any atom is -0.378 e. The van der Waals surface area contributed by atoms with E-state index >= 15 is 0 Å². The molecule has 0 aliphatic carbocycles. The molecule has 25 heavy (non-hydrogen) atoms. The van der Waals surface area contributed by atoms with Crippen LogP contribution in [-0.4, -0.2) is 36.5 Å². The van der Waals surface area contributed by atoms with Crippen LogP contribution in [0.25, 0.3) is 10.8 Å². The lowest BCUT2D eigenvalue weighted by molar-refractivity contribution is 0.122. The van der Waals surface area contributed by atoms with Crippen LogP contribution >= 0.6 is 11.6 Å². The second-order valence-electron chi connectivity index (χ2n) is 5.96. The zero-order valence-corrected chi connectivity index (χ0v) is 14.5. The number of benzene rings is 2. The van der Waals surface area contributed by atoms with Gasteiger partial charge in [0, 0.05) is 35.4 Å². The van der Waals surface area contributed by atoms with E-state index in [4.69, 9.17) is 16.3 Å². The smallest absolute Gasteiger partial charge is 0.159 e. The van der Waals surface area contributed by atoms with Gasteiger partial charge in [-0.1, -0.05) is 54.1 Å². The number of fused-ring (bicyclic) bond motifs is 1. The fraction of sp³-hybridized carbons (Fsp3) is 0.263. The van der Waals surface area contributed by atoms with Crippen LogP contribution < -0.4 is 10.2 Å². The second-order valence-corrected chi connectivity index (χ2v) is 6.37. The summed E-state index contributed by atoms with van der Waals surface area (Å²) in [6.45, 7) is 3.73. The minimum atomic E-state index is 0.606. The van der Waals surface area contributed by atoms with Gasteiger partial charge < -0.3 is 15.0 Å². The lowest BCUT2D eigenvalue weighted by Crippen LogP contribution is -2.37. The molecule has 0 spiro atoms. The van der Waals surface area contributed by atoms with Gasteiger partial charge in [-0.3, -0.25) is 0 Å². The van der Waals surface area contributed by atoms with E-state index in [1.54, 1.807) is 0 Å². The molecule has 6 heteroatoms. The number of halogens is 1. The second kappa shape index (κ2) is 7.25. The number of hydrogen-bond donors (Lipinski definition) is 1. The molecule has 0 amide bonds. The lowest BCUT2D eigenvalue weighted by atomic mass is 10.1. The topological polar surface area (TPSA) is 50.3 Å². The normalized spacial score (nSPS) is 14.7. The van der Waals surface area contributed by atoms with Crippen LogP contribution in [0.15, 0.2) is 48.5 Å². The summed E-state index contributed by atoms with van der Waals surface area (Å²) in [6, 6.07) is 16.0.